The fraction of sp³-hybridized carbons (Fsp3) is 0.259. The van der Waals surface area contributed by atoms with Gasteiger partial charge in [-0.2, -0.15) is 5.26 Å². The van der Waals surface area contributed by atoms with Crippen molar-refractivity contribution in [3.05, 3.63) is 98.8 Å². The van der Waals surface area contributed by atoms with Crippen molar-refractivity contribution in [3.63, 3.8) is 0 Å². The van der Waals surface area contributed by atoms with Crippen LogP contribution in [0.15, 0.2) is 60.7 Å². The fourth-order valence-corrected chi connectivity index (χ4v) is 5.30. The van der Waals surface area contributed by atoms with Crippen LogP contribution in [0.25, 0.3) is 4.85 Å². The number of hydrogen-bond donors (Lipinski definition) is 0. The number of hydrogen-bond acceptors (Lipinski definition) is 4. The summed E-state index contributed by atoms with van der Waals surface area (Å²) in [5, 5.41) is 11.0. The van der Waals surface area contributed by atoms with Crippen LogP contribution in [0.4, 0.5) is 11.4 Å². The zero-order chi connectivity index (χ0) is 23.7. The molecular weight excluding hydrogens is 467 g/mol. The number of rotatable bonds is 3. The summed E-state index contributed by atoms with van der Waals surface area (Å²) in [4.78, 5) is 8.34. The van der Waals surface area contributed by atoms with E-state index >= 15 is 0 Å². The molecule has 2 aliphatic rings. The average Bonchev–Trinajstić information content (AvgIpc) is 2.88. The first-order chi connectivity index (χ1) is 16.6. The van der Waals surface area contributed by atoms with Gasteiger partial charge in [-0.3, -0.25) is 4.90 Å². The molecule has 1 fully saturated rings. The van der Waals surface area contributed by atoms with Gasteiger partial charge in [0.05, 0.1) is 30.5 Å². The lowest BCUT2D eigenvalue weighted by Crippen LogP contribution is -2.50. The Morgan fingerprint density at radius 3 is 2.53 bits per heavy atom. The second kappa shape index (κ2) is 9.57. The van der Waals surface area contributed by atoms with Crippen molar-refractivity contribution in [2.24, 2.45) is 0 Å². The first-order valence-corrected chi connectivity index (χ1v) is 11.9. The van der Waals surface area contributed by atoms with Crippen molar-refractivity contribution in [1.82, 2.24) is 4.90 Å². The Balaban J connectivity index is 1.51. The largest absolute Gasteiger partial charge is 0.494 e. The molecule has 3 aromatic rings. The van der Waals surface area contributed by atoms with E-state index in [-0.39, 0.29) is 12.1 Å². The van der Waals surface area contributed by atoms with Gasteiger partial charge < -0.3 is 9.64 Å². The summed E-state index contributed by atoms with van der Waals surface area (Å²) in [5.41, 5.74) is 4.33. The third-order valence-corrected chi connectivity index (χ3v) is 7.12. The van der Waals surface area contributed by atoms with E-state index in [1.807, 2.05) is 42.5 Å². The molecule has 0 aliphatic carbocycles. The molecule has 2 heterocycles. The van der Waals surface area contributed by atoms with Crippen molar-refractivity contribution in [1.29, 1.82) is 5.26 Å². The van der Waals surface area contributed by atoms with Crippen LogP contribution in [0.5, 0.6) is 5.75 Å². The molecule has 1 saturated heterocycles. The molecule has 2 atom stereocenters. The third kappa shape index (κ3) is 4.31. The van der Waals surface area contributed by atoms with Crippen molar-refractivity contribution in [3.8, 4) is 11.8 Å². The smallest absolute Gasteiger partial charge is 0.190 e. The van der Waals surface area contributed by atoms with Gasteiger partial charge >= 0.3 is 0 Å². The minimum atomic E-state index is 0.0353. The van der Waals surface area contributed by atoms with E-state index in [0.717, 1.165) is 48.6 Å². The molecule has 34 heavy (non-hydrogen) atoms. The minimum absolute atomic E-state index is 0.0353. The molecule has 0 unspecified atom stereocenters. The number of halogens is 2. The molecule has 5 rings (SSSR count). The van der Waals surface area contributed by atoms with Gasteiger partial charge in [0.25, 0.3) is 0 Å². The molecule has 0 amide bonds. The average molecular weight is 489 g/mol. The highest BCUT2D eigenvalue weighted by atomic mass is 35.5. The molecule has 7 heteroatoms. The topological polar surface area (TPSA) is 43.9 Å². The summed E-state index contributed by atoms with van der Waals surface area (Å²) >= 11 is 12.4. The van der Waals surface area contributed by atoms with E-state index in [1.165, 1.54) is 0 Å². The molecule has 0 radical (unpaired) electrons. The first-order valence-electron chi connectivity index (χ1n) is 11.2. The summed E-state index contributed by atoms with van der Waals surface area (Å²) in [7, 11) is 0. The van der Waals surface area contributed by atoms with E-state index in [9.17, 15) is 5.26 Å². The van der Waals surface area contributed by atoms with Gasteiger partial charge in [-0.1, -0.05) is 47.5 Å². The van der Waals surface area contributed by atoms with Crippen LogP contribution in [-0.2, 0) is 0 Å². The Bertz CT molecular complexity index is 1300. The summed E-state index contributed by atoms with van der Waals surface area (Å²) in [6.07, 6.45) is 0.891. The molecule has 5 nitrogen and oxygen atoms in total. The second-order valence-corrected chi connectivity index (χ2v) is 9.39. The maximum Gasteiger partial charge on any atom is 0.190 e. The molecule has 170 valence electrons. The van der Waals surface area contributed by atoms with Crippen LogP contribution >= 0.6 is 23.2 Å². The second-order valence-electron chi connectivity index (χ2n) is 8.52. The van der Waals surface area contributed by atoms with Crippen LogP contribution in [0.1, 0.15) is 35.2 Å². The van der Waals surface area contributed by atoms with E-state index in [2.05, 4.69) is 32.8 Å². The third-order valence-electron chi connectivity index (χ3n) is 6.63. The molecule has 3 aromatic carbocycles. The Morgan fingerprint density at radius 2 is 1.76 bits per heavy atom. The van der Waals surface area contributed by atoms with Gasteiger partial charge in [0.15, 0.2) is 5.69 Å². The van der Waals surface area contributed by atoms with Crippen molar-refractivity contribution in [2.45, 2.75) is 18.5 Å². The van der Waals surface area contributed by atoms with Gasteiger partial charge in [-0.15, -0.1) is 0 Å². The van der Waals surface area contributed by atoms with Crippen LogP contribution in [0.3, 0.4) is 0 Å². The van der Waals surface area contributed by atoms with Gasteiger partial charge in [0.2, 0.25) is 0 Å². The molecule has 0 bridgehead atoms. The number of benzene rings is 3. The Morgan fingerprint density at radius 1 is 0.971 bits per heavy atom. The predicted octanol–water partition coefficient (Wildman–Crippen LogP) is 6.80. The first kappa shape index (κ1) is 22.6. The van der Waals surface area contributed by atoms with E-state index in [1.54, 1.807) is 6.07 Å². The summed E-state index contributed by atoms with van der Waals surface area (Å²) in [5.74, 6) is 0.805. The predicted molar refractivity (Wildman–Crippen MR) is 135 cm³/mol. The van der Waals surface area contributed by atoms with Gasteiger partial charge in [0.1, 0.15) is 11.8 Å². The van der Waals surface area contributed by atoms with E-state index < -0.39 is 0 Å². The van der Waals surface area contributed by atoms with Crippen molar-refractivity contribution < 1.29 is 4.74 Å². The molecule has 0 saturated carbocycles. The van der Waals surface area contributed by atoms with Crippen LogP contribution in [-0.4, -0.2) is 31.1 Å². The number of piperazine rings is 1. The van der Waals surface area contributed by atoms with E-state index in [4.69, 9.17) is 34.5 Å². The number of ether oxygens (including phenoxy) is 1. The molecule has 0 N–H and O–H groups in total. The van der Waals surface area contributed by atoms with Crippen LogP contribution < -0.4 is 9.64 Å². The standard InChI is InChI=1S/C27H22Cl2N4O/c1-31-22-7-8-23-25(10-13-34-27(23)15-22)32-11-12-33(24-9-6-21(29)14-19(24)16-30)26(17-32)18-2-4-20(28)5-3-18/h2-9,14-15,25-26H,10-13,17H2/t25-,26-/m0/s1. The van der Waals surface area contributed by atoms with Crippen molar-refractivity contribution >= 4 is 34.6 Å². The molecular formula is C27H22Cl2N4O. The minimum Gasteiger partial charge on any atom is -0.494 e. The zero-order valence-corrected chi connectivity index (χ0v) is 19.9. The normalized spacial score (nSPS) is 20.1. The Labute approximate surface area is 209 Å². The van der Waals surface area contributed by atoms with Gasteiger partial charge in [-0.25, -0.2) is 4.85 Å². The van der Waals surface area contributed by atoms with Gasteiger partial charge in [0, 0.05) is 47.7 Å². The quantitative estimate of drug-likeness (QED) is 0.380. The Kier molecular flexibility index (Phi) is 6.35. The highest BCUT2D eigenvalue weighted by molar-refractivity contribution is 6.31. The summed E-state index contributed by atoms with van der Waals surface area (Å²) < 4.78 is 5.90. The number of nitriles is 1. The molecule has 2 aliphatic heterocycles. The zero-order valence-electron chi connectivity index (χ0n) is 18.4. The summed E-state index contributed by atoms with van der Waals surface area (Å²) in [6, 6.07) is 21.8. The summed E-state index contributed by atoms with van der Waals surface area (Å²) in [6.45, 7) is 10.3. The Hall–Kier alpha value is -3.22. The number of anilines is 1. The highest BCUT2D eigenvalue weighted by Gasteiger charge is 2.35. The SMILES string of the molecule is [C-]#[N+]c1ccc2c(c1)OCC[C@@H]2N1CCN(c2ccc(Cl)cc2C#N)[C@H](c2ccc(Cl)cc2)C1. The fourth-order valence-electron chi connectivity index (χ4n) is 5.00. The monoisotopic (exact) mass is 488 g/mol. The van der Waals surface area contributed by atoms with Crippen LogP contribution in [0.2, 0.25) is 10.0 Å². The van der Waals surface area contributed by atoms with Crippen molar-refractivity contribution in [2.75, 3.05) is 31.1 Å². The lowest BCUT2D eigenvalue weighted by Gasteiger charge is -2.47. The lowest BCUT2D eigenvalue weighted by atomic mass is 9.94. The number of fused-ring (bicyclic) bond motifs is 1. The highest BCUT2D eigenvalue weighted by Crippen LogP contribution is 2.42. The maximum atomic E-state index is 9.78. The van der Waals surface area contributed by atoms with E-state index in [0.29, 0.717) is 27.9 Å². The maximum absolute atomic E-state index is 9.78. The number of nitrogens with zero attached hydrogens (tertiary/aromatic N) is 4. The lowest BCUT2D eigenvalue weighted by molar-refractivity contribution is 0.117. The molecule has 0 spiro atoms. The van der Waals surface area contributed by atoms with Gasteiger partial charge in [-0.05, 0) is 42.0 Å². The van der Waals surface area contributed by atoms with Crippen LogP contribution in [0, 0.1) is 17.9 Å². The molecule has 0 aromatic heterocycles.